The Balaban J connectivity index is 1.58. The van der Waals surface area contributed by atoms with Gasteiger partial charge in [0.05, 0.1) is 7.11 Å². The van der Waals surface area contributed by atoms with Gasteiger partial charge in [0.25, 0.3) is 0 Å². The summed E-state index contributed by atoms with van der Waals surface area (Å²) in [5.74, 6) is 1.91. The minimum atomic E-state index is -0.295. The summed E-state index contributed by atoms with van der Waals surface area (Å²) in [5.41, 5.74) is 7.49. The number of methoxy groups -OCH3 is 2. The first-order valence-electron chi connectivity index (χ1n) is 13.2. The third-order valence-corrected chi connectivity index (χ3v) is 9.12. The van der Waals surface area contributed by atoms with Gasteiger partial charge in [-0.2, -0.15) is 0 Å². The topological polar surface area (TPSA) is 38.7 Å². The first-order chi connectivity index (χ1) is 17.1. The third kappa shape index (κ3) is 3.35. The second-order valence-corrected chi connectivity index (χ2v) is 13.0. The van der Waals surface area contributed by atoms with Crippen molar-refractivity contribution in [2.24, 2.45) is 16.7 Å². The number of ether oxygens (including phenoxy) is 2. The Kier molecular flexibility index (Phi) is 5.15. The van der Waals surface area contributed by atoms with Crippen LogP contribution in [-0.2, 0) is 10.2 Å². The highest BCUT2D eigenvalue weighted by Crippen LogP contribution is 2.67. The molecule has 4 aliphatic carbocycles. The first kappa shape index (κ1) is 23.6. The zero-order valence-electron chi connectivity index (χ0n) is 22.4. The number of benzene rings is 2. The van der Waals surface area contributed by atoms with Gasteiger partial charge >= 0.3 is 0 Å². The van der Waals surface area contributed by atoms with Crippen LogP contribution in [-0.4, -0.2) is 19.3 Å². The molecule has 2 aromatic rings. The number of hydrogen-bond acceptors (Lipinski definition) is 3. The smallest absolute Gasteiger partial charge is 0.122 e. The molecule has 0 radical (unpaired) electrons. The lowest BCUT2D eigenvalue weighted by molar-refractivity contribution is 0.0270. The highest BCUT2D eigenvalue weighted by molar-refractivity contribution is 5.94. The van der Waals surface area contributed by atoms with Crippen molar-refractivity contribution in [2.45, 2.75) is 64.4 Å². The Morgan fingerprint density at radius 2 is 1.53 bits per heavy atom. The average Bonchev–Trinajstić information content (AvgIpc) is 3.32. The van der Waals surface area contributed by atoms with E-state index in [0.29, 0.717) is 17.6 Å². The van der Waals surface area contributed by atoms with E-state index in [1.54, 1.807) is 14.2 Å². The summed E-state index contributed by atoms with van der Waals surface area (Å²) in [6.07, 6.45) is 14.8. The number of hydrogen-bond donors (Lipinski definition) is 1. The summed E-state index contributed by atoms with van der Waals surface area (Å²) in [5, 5.41) is 11.6. The predicted molar refractivity (Wildman–Crippen MR) is 146 cm³/mol. The van der Waals surface area contributed by atoms with E-state index in [9.17, 15) is 5.11 Å². The average molecular weight is 483 g/mol. The molecule has 1 saturated carbocycles. The van der Waals surface area contributed by atoms with E-state index < -0.39 is 0 Å². The predicted octanol–water partition coefficient (Wildman–Crippen LogP) is 7.96. The van der Waals surface area contributed by atoms with Gasteiger partial charge in [-0.15, -0.1) is 0 Å². The van der Waals surface area contributed by atoms with Crippen LogP contribution in [0.25, 0.3) is 11.6 Å². The van der Waals surface area contributed by atoms with Crippen LogP contribution in [0.15, 0.2) is 54.6 Å². The molecule has 1 fully saturated rings. The lowest BCUT2D eigenvalue weighted by Gasteiger charge is -2.54. The summed E-state index contributed by atoms with van der Waals surface area (Å²) < 4.78 is 11.4. The van der Waals surface area contributed by atoms with Gasteiger partial charge in [-0.3, -0.25) is 0 Å². The molecular weight excluding hydrogens is 444 g/mol. The van der Waals surface area contributed by atoms with Crippen LogP contribution in [0.1, 0.15) is 86.8 Å². The third-order valence-electron chi connectivity index (χ3n) is 9.12. The lowest BCUT2D eigenvalue weighted by Crippen LogP contribution is -2.46. The Labute approximate surface area is 215 Å². The summed E-state index contributed by atoms with van der Waals surface area (Å²) in [4.78, 5) is 0. The molecule has 2 aromatic carbocycles. The Morgan fingerprint density at radius 1 is 0.861 bits per heavy atom. The minimum absolute atomic E-state index is 0.0122. The van der Waals surface area contributed by atoms with Crippen LogP contribution in [0, 0.1) is 16.7 Å². The van der Waals surface area contributed by atoms with Gasteiger partial charge in [-0.25, -0.2) is 0 Å². The molecule has 3 nitrogen and oxygen atoms in total. The Morgan fingerprint density at radius 3 is 2.17 bits per heavy atom. The van der Waals surface area contributed by atoms with E-state index in [-0.39, 0.29) is 22.3 Å². The van der Waals surface area contributed by atoms with Gasteiger partial charge in [0.1, 0.15) is 17.6 Å². The maximum absolute atomic E-state index is 11.6. The fourth-order valence-corrected chi connectivity index (χ4v) is 8.78. The van der Waals surface area contributed by atoms with Crippen molar-refractivity contribution in [3.8, 4) is 11.5 Å². The van der Waals surface area contributed by atoms with Gasteiger partial charge in [0, 0.05) is 24.0 Å². The molecule has 3 heteroatoms. The number of aromatic hydroxyl groups is 1. The second-order valence-electron chi connectivity index (χ2n) is 13.0. The highest BCUT2D eigenvalue weighted by Gasteiger charge is 2.58. The Bertz CT molecular complexity index is 1290. The molecule has 6 rings (SSSR count). The molecule has 0 heterocycles. The fourth-order valence-electron chi connectivity index (χ4n) is 8.78. The molecule has 0 saturated heterocycles. The normalized spacial score (nSPS) is 27.9. The van der Waals surface area contributed by atoms with Crippen LogP contribution in [0.5, 0.6) is 11.5 Å². The largest absolute Gasteiger partial charge is 0.508 e. The molecule has 3 atom stereocenters. The van der Waals surface area contributed by atoms with Crippen molar-refractivity contribution in [3.05, 3.63) is 82.5 Å². The van der Waals surface area contributed by atoms with Gasteiger partial charge in [0.2, 0.25) is 0 Å². The maximum Gasteiger partial charge on any atom is 0.122 e. The summed E-state index contributed by atoms with van der Waals surface area (Å²) in [7, 11) is 3.43. The highest BCUT2D eigenvalue weighted by atomic mass is 16.5. The van der Waals surface area contributed by atoms with E-state index in [2.05, 4.69) is 76.3 Å². The number of phenolic OH excluding ortho intramolecular Hbond substituents is 1. The summed E-state index contributed by atoms with van der Waals surface area (Å²) >= 11 is 0. The molecule has 36 heavy (non-hydrogen) atoms. The SMILES string of the molecule is COc1ccc(C2=Cc3c(c(O)cc4c3C3C=CC=CC3C43CC(C)(C)CC(C)(C)C3)C2OC)cc1. The molecule has 188 valence electrons. The first-order valence-corrected chi connectivity index (χ1v) is 13.2. The van der Waals surface area contributed by atoms with Crippen LogP contribution in [0.2, 0.25) is 0 Å². The number of allylic oxidation sites excluding steroid dienone is 4. The summed E-state index contributed by atoms with van der Waals surface area (Å²) in [6, 6.07) is 10.3. The van der Waals surface area contributed by atoms with Crippen LogP contribution >= 0.6 is 0 Å². The molecule has 3 unspecified atom stereocenters. The number of rotatable bonds is 3. The van der Waals surface area contributed by atoms with Gasteiger partial charge in [-0.1, -0.05) is 64.1 Å². The van der Waals surface area contributed by atoms with E-state index in [1.165, 1.54) is 17.5 Å². The van der Waals surface area contributed by atoms with Crippen molar-refractivity contribution in [1.29, 1.82) is 0 Å². The zero-order valence-corrected chi connectivity index (χ0v) is 22.4. The van der Waals surface area contributed by atoms with Crippen molar-refractivity contribution in [2.75, 3.05) is 14.2 Å². The minimum Gasteiger partial charge on any atom is -0.508 e. The summed E-state index contributed by atoms with van der Waals surface area (Å²) in [6.45, 7) is 9.73. The van der Waals surface area contributed by atoms with E-state index >= 15 is 0 Å². The molecular formula is C33H38O3. The number of phenols is 1. The van der Waals surface area contributed by atoms with Gasteiger partial charge in [-0.05, 0) is 88.1 Å². The van der Waals surface area contributed by atoms with E-state index in [0.717, 1.165) is 40.9 Å². The molecule has 1 N–H and O–H groups in total. The number of fused-ring (bicyclic) bond motifs is 7. The molecule has 1 spiro atoms. The fraction of sp³-hybridized carbons (Fsp3) is 0.455. The van der Waals surface area contributed by atoms with Crippen molar-refractivity contribution < 1.29 is 14.6 Å². The van der Waals surface area contributed by atoms with Crippen LogP contribution in [0.3, 0.4) is 0 Å². The van der Waals surface area contributed by atoms with E-state index in [1.807, 2.05) is 12.1 Å². The second kappa shape index (κ2) is 7.86. The Hall–Kier alpha value is -2.78. The molecule has 0 aromatic heterocycles. The molecule has 0 bridgehead atoms. The standard InChI is InChI=1S/C33H38O3/c1-31(2)17-32(3,4)19-33(18-31)25-10-8-7-9-22(25)28-24-15-23(20-11-13-21(35-5)14-12-20)30(36-6)29(24)27(34)16-26(28)33/h7-16,22,25,30,34H,17-19H2,1-6H3. The van der Waals surface area contributed by atoms with E-state index in [4.69, 9.17) is 9.47 Å². The van der Waals surface area contributed by atoms with Crippen molar-refractivity contribution in [1.82, 2.24) is 0 Å². The monoisotopic (exact) mass is 482 g/mol. The lowest BCUT2D eigenvalue weighted by atomic mass is 9.50. The van der Waals surface area contributed by atoms with Gasteiger partial charge in [0.15, 0.2) is 0 Å². The van der Waals surface area contributed by atoms with Gasteiger partial charge < -0.3 is 14.6 Å². The quantitative estimate of drug-likeness (QED) is 0.482. The van der Waals surface area contributed by atoms with Crippen molar-refractivity contribution >= 4 is 11.6 Å². The zero-order chi connectivity index (χ0) is 25.5. The maximum atomic E-state index is 11.6. The molecule has 4 aliphatic rings. The van der Waals surface area contributed by atoms with Crippen molar-refractivity contribution in [3.63, 3.8) is 0 Å². The molecule has 0 aliphatic heterocycles. The molecule has 0 amide bonds. The van der Waals surface area contributed by atoms with Crippen LogP contribution < -0.4 is 4.74 Å². The van der Waals surface area contributed by atoms with Crippen LogP contribution in [0.4, 0.5) is 0 Å².